The van der Waals surface area contributed by atoms with Gasteiger partial charge in [0.1, 0.15) is 5.82 Å². The SMILES string of the molecule is Nc1nc(N)nc(C2CCCCCCC2)n1. The summed E-state index contributed by atoms with van der Waals surface area (Å²) in [5, 5.41) is 0. The van der Waals surface area contributed by atoms with E-state index in [1.165, 1.54) is 32.1 Å². The normalized spacial score (nSPS) is 19.0. The van der Waals surface area contributed by atoms with Gasteiger partial charge in [0.15, 0.2) is 0 Å². The summed E-state index contributed by atoms with van der Waals surface area (Å²) in [6.45, 7) is 0. The van der Waals surface area contributed by atoms with Crippen LogP contribution < -0.4 is 11.5 Å². The highest BCUT2D eigenvalue weighted by Gasteiger charge is 2.17. The Bertz CT molecular complexity index is 324. The second-order valence-corrected chi connectivity index (χ2v) is 4.45. The fraction of sp³-hybridized carbons (Fsp3) is 0.727. The molecule has 5 heteroatoms. The summed E-state index contributed by atoms with van der Waals surface area (Å²) in [5.41, 5.74) is 11.2. The molecule has 1 aliphatic carbocycles. The first-order chi connectivity index (χ1) is 7.75. The van der Waals surface area contributed by atoms with E-state index >= 15 is 0 Å². The molecule has 0 spiro atoms. The topological polar surface area (TPSA) is 90.7 Å². The molecule has 0 saturated heterocycles. The third-order valence-electron chi connectivity index (χ3n) is 3.16. The summed E-state index contributed by atoms with van der Waals surface area (Å²) in [6, 6.07) is 0. The molecule has 1 aromatic rings. The molecule has 0 radical (unpaired) electrons. The molecule has 0 aliphatic heterocycles. The molecule has 16 heavy (non-hydrogen) atoms. The quantitative estimate of drug-likeness (QED) is 0.755. The Morgan fingerprint density at radius 3 is 1.81 bits per heavy atom. The van der Waals surface area contributed by atoms with Gasteiger partial charge >= 0.3 is 0 Å². The summed E-state index contributed by atoms with van der Waals surface area (Å²) >= 11 is 0. The summed E-state index contributed by atoms with van der Waals surface area (Å²) in [6.07, 6.45) is 8.76. The van der Waals surface area contributed by atoms with Gasteiger partial charge in [-0.1, -0.05) is 32.1 Å². The zero-order valence-electron chi connectivity index (χ0n) is 9.52. The first-order valence-corrected chi connectivity index (χ1v) is 6.02. The number of nitrogens with two attached hydrogens (primary N) is 2. The minimum Gasteiger partial charge on any atom is -0.368 e. The lowest BCUT2D eigenvalue weighted by Gasteiger charge is -2.18. The average Bonchev–Trinajstić information content (AvgIpc) is 2.14. The van der Waals surface area contributed by atoms with Crippen molar-refractivity contribution < 1.29 is 0 Å². The molecule has 0 aromatic carbocycles. The smallest absolute Gasteiger partial charge is 0.225 e. The molecule has 0 amide bonds. The summed E-state index contributed by atoms with van der Waals surface area (Å²) in [5.74, 6) is 1.67. The van der Waals surface area contributed by atoms with E-state index < -0.39 is 0 Å². The van der Waals surface area contributed by atoms with Gasteiger partial charge in [-0.3, -0.25) is 0 Å². The molecule has 0 unspecified atom stereocenters. The standard InChI is InChI=1S/C11H19N5/c12-10-14-9(15-11(13)16-10)8-6-4-2-1-3-5-7-8/h8H,1-7H2,(H4,12,13,14,15,16). The highest BCUT2D eigenvalue weighted by molar-refractivity contribution is 5.26. The molecule has 1 saturated carbocycles. The molecule has 0 atom stereocenters. The molecule has 5 nitrogen and oxygen atoms in total. The van der Waals surface area contributed by atoms with Gasteiger partial charge in [-0.2, -0.15) is 15.0 Å². The maximum absolute atomic E-state index is 5.59. The van der Waals surface area contributed by atoms with Gasteiger partial charge in [-0.05, 0) is 12.8 Å². The van der Waals surface area contributed by atoms with Gasteiger partial charge < -0.3 is 11.5 Å². The second kappa shape index (κ2) is 5.09. The minimum absolute atomic E-state index is 0.240. The molecule has 88 valence electrons. The van der Waals surface area contributed by atoms with E-state index in [0.29, 0.717) is 5.92 Å². The van der Waals surface area contributed by atoms with Gasteiger partial charge in [0.25, 0.3) is 0 Å². The van der Waals surface area contributed by atoms with Crippen LogP contribution in [0.2, 0.25) is 0 Å². The number of hydrogen-bond donors (Lipinski definition) is 2. The van der Waals surface area contributed by atoms with Gasteiger partial charge in [0.2, 0.25) is 11.9 Å². The maximum Gasteiger partial charge on any atom is 0.225 e. The fourth-order valence-electron chi connectivity index (χ4n) is 2.32. The Morgan fingerprint density at radius 2 is 1.25 bits per heavy atom. The molecular formula is C11H19N5. The zero-order chi connectivity index (χ0) is 11.4. The molecule has 1 heterocycles. The number of rotatable bonds is 1. The lowest BCUT2D eigenvalue weighted by molar-refractivity contribution is 0.442. The Labute approximate surface area is 95.7 Å². The number of aromatic nitrogens is 3. The third kappa shape index (κ3) is 2.81. The Kier molecular flexibility index (Phi) is 3.54. The van der Waals surface area contributed by atoms with Crippen molar-refractivity contribution in [3.63, 3.8) is 0 Å². The van der Waals surface area contributed by atoms with Gasteiger partial charge in [0.05, 0.1) is 0 Å². The summed E-state index contributed by atoms with van der Waals surface area (Å²) < 4.78 is 0. The van der Waals surface area contributed by atoms with Crippen molar-refractivity contribution in [3.05, 3.63) is 5.82 Å². The van der Waals surface area contributed by atoms with E-state index in [1.807, 2.05) is 0 Å². The largest absolute Gasteiger partial charge is 0.368 e. The van der Waals surface area contributed by atoms with Crippen LogP contribution in [0.5, 0.6) is 0 Å². The van der Waals surface area contributed by atoms with E-state index in [4.69, 9.17) is 11.5 Å². The van der Waals surface area contributed by atoms with Crippen LogP contribution in [-0.4, -0.2) is 15.0 Å². The van der Waals surface area contributed by atoms with Crippen molar-refractivity contribution in [1.82, 2.24) is 15.0 Å². The zero-order valence-corrected chi connectivity index (χ0v) is 9.52. The van der Waals surface area contributed by atoms with Crippen molar-refractivity contribution in [2.45, 2.75) is 50.9 Å². The highest BCUT2D eigenvalue weighted by Crippen LogP contribution is 2.29. The van der Waals surface area contributed by atoms with Crippen molar-refractivity contribution in [3.8, 4) is 0 Å². The van der Waals surface area contributed by atoms with Gasteiger partial charge in [0, 0.05) is 5.92 Å². The lowest BCUT2D eigenvalue weighted by Crippen LogP contribution is -2.12. The molecule has 0 bridgehead atoms. The predicted octanol–water partition coefficient (Wildman–Crippen LogP) is 1.86. The Balaban J connectivity index is 2.13. The van der Waals surface area contributed by atoms with Crippen LogP contribution in [0.1, 0.15) is 56.7 Å². The third-order valence-corrected chi connectivity index (χ3v) is 3.16. The monoisotopic (exact) mass is 221 g/mol. The van der Waals surface area contributed by atoms with Crippen LogP contribution in [-0.2, 0) is 0 Å². The lowest BCUT2D eigenvalue weighted by atomic mass is 9.90. The fourth-order valence-corrected chi connectivity index (χ4v) is 2.32. The molecule has 2 rings (SSSR count). The molecule has 1 aliphatic rings. The Morgan fingerprint density at radius 1 is 0.750 bits per heavy atom. The number of hydrogen-bond acceptors (Lipinski definition) is 5. The van der Waals surface area contributed by atoms with Crippen molar-refractivity contribution in [2.75, 3.05) is 11.5 Å². The molecular weight excluding hydrogens is 202 g/mol. The van der Waals surface area contributed by atoms with E-state index in [9.17, 15) is 0 Å². The van der Waals surface area contributed by atoms with Crippen LogP contribution in [0.25, 0.3) is 0 Å². The Hall–Kier alpha value is -1.39. The molecule has 1 fully saturated rings. The summed E-state index contributed by atoms with van der Waals surface area (Å²) in [4.78, 5) is 12.2. The average molecular weight is 221 g/mol. The van der Waals surface area contributed by atoms with Crippen LogP contribution in [0.3, 0.4) is 0 Å². The van der Waals surface area contributed by atoms with Crippen LogP contribution in [0.15, 0.2) is 0 Å². The van der Waals surface area contributed by atoms with E-state index in [0.717, 1.165) is 18.7 Å². The van der Waals surface area contributed by atoms with E-state index in [1.54, 1.807) is 0 Å². The first-order valence-electron chi connectivity index (χ1n) is 6.02. The van der Waals surface area contributed by atoms with Gasteiger partial charge in [-0.15, -0.1) is 0 Å². The van der Waals surface area contributed by atoms with E-state index in [-0.39, 0.29) is 11.9 Å². The van der Waals surface area contributed by atoms with Crippen molar-refractivity contribution >= 4 is 11.9 Å². The number of nitrogens with zero attached hydrogens (tertiary/aromatic N) is 3. The highest BCUT2D eigenvalue weighted by atomic mass is 15.1. The van der Waals surface area contributed by atoms with E-state index in [2.05, 4.69) is 15.0 Å². The molecule has 4 N–H and O–H groups in total. The van der Waals surface area contributed by atoms with Crippen LogP contribution >= 0.6 is 0 Å². The van der Waals surface area contributed by atoms with Crippen LogP contribution in [0, 0.1) is 0 Å². The number of nitrogen functional groups attached to an aromatic ring is 2. The predicted molar refractivity (Wildman–Crippen MR) is 63.7 cm³/mol. The second-order valence-electron chi connectivity index (χ2n) is 4.45. The van der Waals surface area contributed by atoms with Gasteiger partial charge in [-0.25, -0.2) is 0 Å². The maximum atomic E-state index is 5.59. The minimum atomic E-state index is 0.240. The molecule has 1 aromatic heterocycles. The summed E-state index contributed by atoms with van der Waals surface area (Å²) in [7, 11) is 0. The van der Waals surface area contributed by atoms with Crippen molar-refractivity contribution in [2.24, 2.45) is 0 Å². The van der Waals surface area contributed by atoms with Crippen molar-refractivity contribution in [1.29, 1.82) is 0 Å². The number of anilines is 2. The van der Waals surface area contributed by atoms with Crippen LogP contribution in [0.4, 0.5) is 11.9 Å². The first kappa shape index (κ1) is 11.1.